The fourth-order valence-electron chi connectivity index (χ4n) is 4.63. The first-order chi connectivity index (χ1) is 15.1. The highest BCUT2D eigenvalue weighted by atomic mass is 32.2. The van der Waals surface area contributed by atoms with Crippen LogP contribution in [0, 0.1) is 5.92 Å². The Morgan fingerprint density at radius 2 is 2.03 bits per heavy atom. The van der Waals surface area contributed by atoms with Crippen LogP contribution in [0.2, 0.25) is 0 Å². The van der Waals surface area contributed by atoms with Crippen molar-refractivity contribution in [2.75, 3.05) is 13.1 Å². The van der Waals surface area contributed by atoms with Gasteiger partial charge in [-0.25, -0.2) is 8.42 Å². The van der Waals surface area contributed by atoms with Crippen molar-refractivity contribution < 1.29 is 12.9 Å². The summed E-state index contributed by atoms with van der Waals surface area (Å²) in [7, 11) is -3.45. The second kappa shape index (κ2) is 8.51. The molecule has 31 heavy (non-hydrogen) atoms. The largest absolute Gasteiger partial charge is 0.334 e. The van der Waals surface area contributed by atoms with Crippen LogP contribution >= 0.6 is 0 Å². The Bertz CT molecular complexity index is 1160. The van der Waals surface area contributed by atoms with Gasteiger partial charge in [0, 0.05) is 31.9 Å². The van der Waals surface area contributed by atoms with Crippen molar-refractivity contribution in [3.05, 3.63) is 59.7 Å². The first-order valence-corrected chi connectivity index (χ1v) is 12.4. The summed E-state index contributed by atoms with van der Waals surface area (Å²) >= 11 is 0. The molecule has 2 aliphatic rings. The molecule has 1 atom stereocenters. The molecule has 1 fully saturated rings. The SMILES string of the molecule is O=S(=O)(c1ccc2c(c1)CCC2)N1CCCC(CCc2noc(-c3cccnc3)n2)C1. The molecule has 8 heteroatoms. The van der Waals surface area contributed by atoms with E-state index in [1.54, 1.807) is 22.8 Å². The molecular weight excluding hydrogens is 412 g/mol. The highest BCUT2D eigenvalue weighted by Crippen LogP contribution is 2.29. The predicted molar refractivity (Wildman–Crippen MR) is 116 cm³/mol. The molecular formula is C23H26N4O3S. The fourth-order valence-corrected chi connectivity index (χ4v) is 6.24. The lowest BCUT2D eigenvalue weighted by atomic mass is 9.94. The summed E-state index contributed by atoms with van der Waals surface area (Å²) in [5, 5.41) is 4.08. The molecule has 1 aromatic carbocycles. The molecule has 0 spiro atoms. The summed E-state index contributed by atoms with van der Waals surface area (Å²) in [4.78, 5) is 8.98. The number of aromatic nitrogens is 3. The lowest BCUT2D eigenvalue weighted by Gasteiger charge is -2.32. The van der Waals surface area contributed by atoms with Gasteiger partial charge >= 0.3 is 0 Å². The van der Waals surface area contributed by atoms with Gasteiger partial charge in [0.25, 0.3) is 5.89 Å². The Labute approximate surface area is 182 Å². The van der Waals surface area contributed by atoms with E-state index in [-0.39, 0.29) is 0 Å². The molecule has 1 aliphatic heterocycles. The normalized spacial score (nSPS) is 19.4. The lowest BCUT2D eigenvalue weighted by Crippen LogP contribution is -2.40. The van der Waals surface area contributed by atoms with E-state index in [1.807, 2.05) is 24.3 Å². The molecule has 0 radical (unpaired) electrons. The van der Waals surface area contributed by atoms with Crippen molar-refractivity contribution in [2.24, 2.45) is 5.92 Å². The van der Waals surface area contributed by atoms with Crippen LogP contribution in [-0.2, 0) is 29.3 Å². The molecule has 3 heterocycles. The third-order valence-corrected chi connectivity index (χ3v) is 8.20. The Balaban J connectivity index is 1.23. The van der Waals surface area contributed by atoms with Crippen LogP contribution in [0.1, 0.15) is 42.6 Å². The molecule has 162 valence electrons. The van der Waals surface area contributed by atoms with E-state index in [1.165, 1.54) is 11.1 Å². The average molecular weight is 439 g/mol. The third-order valence-electron chi connectivity index (χ3n) is 6.34. The minimum atomic E-state index is -3.45. The molecule has 7 nitrogen and oxygen atoms in total. The number of benzene rings is 1. The highest BCUT2D eigenvalue weighted by molar-refractivity contribution is 7.89. The quantitative estimate of drug-likeness (QED) is 0.584. The van der Waals surface area contributed by atoms with Crippen LogP contribution in [0.25, 0.3) is 11.5 Å². The van der Waals surface area contributed by atoms with Crippen molar-refractivity contribution >= 4 is 10.0 Å². The second-order valence-electron chi connectivity index (χ2n) is 8.45. The number of piperidine rings is 1. The Hall–Kier alpha value is -2.58. The van der Waals surface area contributed by atoms with E-state index in [4.69, 9.17) is 4.52 Å². The molecule has 5 rings (SSSR count). The zero-order chi connectivity index (χ0) is 21.3. The Kier molecular flexibility index (Phi) is 5.58. The average Bonchev–Trinajstić information content (AvgIpc) is 3.47. The van der Waals surface area contributed by atoms with Gasteiger partial charge in [-0.05, 0) is 79.8 Å². The topological polar surface area (TPSA) is 89.2 Å². The molecule has 1 aliphatic carbocycles. The van der Waals surface area contributed by atoms with E-state index in [2.05, 4.69) is 15.1 Å². The zero-order valence-electron chi connectivity index (χ0n) is 17.4. The molecule has 1 unspecified atom stereocenters. The lowest BCUT2D eigenvalue weighted by molar-refractivity contribution is 0.254. The molecule has 3 aromatic rings. The van der Waals surface area contributed by atoms with Gasteiger partial charge in [-0.1, -0.05) is 11.2 Å². The summed E-state index contributed by atoms with van der Waals surface area (Å²) < 4.78 is 33.5. The molecule has 1 saturated heterocycles. The first kappa shape index (κ1) is 20.3. The van der Waals surface area contributed by atoms with Gasteiger partial charge in [-0.3, -0.25) is 4.98 Å². The molecule has 0 N–H and O–H groups in total. The van der Waals surface area contributed by atoms with Gasteiger partial charge in [0.05, 0.1) is 10.5 Å². The second-order valence-corrected chi connectivity index (χ2v) is 10.4. The van der Waals surface area contributed by atoms with Crippen molar-refractivity contribution in [3.8, 4) is 11.5 Å². The number of pyridine rings is 1. The minimum Gasteiger partial charge on any atom is -0.334 e. The number of fused-ring (bicyclic) bond motifs is 1. The van der Waals surface area contributed by atoms with Crippen LogP contribution in [0.15, 0.2) is 52.1 Å². The van der Waals surface area contributed by atoms with E-state index < -0.39 is 10.0 Å². The number of rotatable bonds is 6. The molecule has 0 amide bonds. The van der Waals surface area contributed by atoms with Crippen LogP contribution in [-0.4, -0.2) is 40.9 Å². The van der Waals surface area contributed by atoms with Crippen molar-refractivity contribution in [3.63, 3.8) is 0 Å². The third kappa shape index (κ3) is 4.27. The Morgan fingerprint density at radius 3 is 2.90 bits per heavy atom. The summed E-state index contributed by atoms with van der Waals surface area (Å²) in [5.41, 5.74) is 3.28. The molecule has 2 aromatic heterocycles. The number of hydrogen-bond donors (Lipinski definition) is 0. The van der Waals surface area contributed by atoms with E-state index in [9.17, 15) is 8.42 Å². The van der Waals surface area contributed by atoms with Gasteiger partial charge in [0.2, 0.25) is 10.0 Å². The van der Waals surface area contributed by atoms with E-state index >= 15 is 0 Å². The van der Waals surface area contributed by atoms with Crippen LogP contribution in [0.5, 0.6) is 0 Å². The van der Waals surface area contributed by atoms with Gasteiger partial charge in [0.15, 0.2) is 5.82 Å². The van der Waals surface area contributed by atoms with Crippen molar-refractivity contribution in [1.29, 1.82) is 0 Å². The number of nitrogens with zero attached hydrogens (tertiary/aromatic N) is 4. The van der Waals surface area contributed by atoms with Crippen molar-refractivity contribution in [2.45, 2.75) is 49.8 Å². The van der Waals surface area contributed by atoms with Gasteiger partial charge in [-0.2, -0.15) is 9.29 Å². The monoisotopic (exact) mass is 438 g/mol. The molecule has 0 bridgehead atoms. The van der Waals surface area contributed by atoms with Gasteiger partial charge < -0.3 is 4.52 Å². The minimum absolute atomic E-state index is 0.290. The standard InChI is InChI=1S/C23H26N4O3S/c28-31(29,21-10-9-18-5-1-6-19(18)14-21)27-13-3-4-17(16-27)8-11-22-25-23(30-26-22)20-7-2-12-24-15-20/h2,7,9-10,12,14-15,17H,1,3-6,8,11,13,16H2. The maximum Gasteiger partial charge on any atom is 0.259 e. The van der Waals surface area contributed by atoms with E-state index in [0.717, 1.165) is 44.1 Å². The van der Waals surface area contributed by atoms with Crippen LogP contribution in [0.3, 0.4) is 0 Å². The highest BCUT2D eigenvalue weighted by Gasteiger charge is 2.31. The first-order valence-electron chi connectivity index (χ1n) is 10.9. The zero-order valence-corrected chi connectivity index (χ0v) is 18.2. The summed E-state index contributed by atoms with van der Waals surface area (Å²) in [5.74, 6) is 1.41. The predicted octanol–water partition coefficient (Wildman–Crippen LogP) is 3.65. The van der Waals surface area contributed by atoms with Crippen molar-refractivity contribution in [1.82, 2.24) is 19.4 Å². The summed E-state index contributed by atoms with van der Waals surface area (Å²) in [6, 6.07) is 9.38. The van der Waals surface area contributed by atoms with Gasteiger partial charge in [-0.15, -0.1) is 0 Å². The molecule has 0 saturated carbocycles. The maximum atomic E-state index is 13.2. The van der Waals surface area contributed by atoms with Crippen LogP contribution < -0.4 is 0 Å². The smallest absolute Gasteiger partial charge is 0.259 e. The maximum absolute atomic E-state index is 13.2. The fraction of sp³-hybridized carbons (Fsp3) is 0.435. The summed E-state index contributed by atoms with van der Waals surface area (Å²) in [6.45, 7) is 1.13. The van der Waals surface area contributed by atoms with Gasteiger partial charge in [0.1, 0.15) is 0 Å². The number of hydrogen-bond acceptors (Lipinski definition) is 6. The summed E-state index contributed by atoms with van der Waals surface area (Å²) in [6.07, 6.45) is 9.94. The Morgan fingerprint density at radius 1 is 1.13 bits per heavy atom. The number of sulfonamides is 1. The van der Waals surface area contributed by atoms with Crippen LogP contribution in [0.4, 0.5) is 0 Å². The number of aryl methyl sites for hydroxylation is 3. The van der Waals surface area contributed by atoms with E-state index in [0.29, 0.717) is 42.0 Å².